The molecule has 9 aromatic carbocycles. The fourth-order valence-electron chi connectivity index (χ4n) is 9.49. The van der Waals surface area contributed by atoms with Gasteiger partial charge in [-0.15, -0.1) is 0 Å². The third-order valence-corrected chi connectivity index (χ3v) is 11.9. The highest BCUT2D eigenvalue weighted by molar-refractivity contribution is 5.98. The Hall–Kier alpha value is -7.22. The van der Waals surface area contributed by atoms with E-state index in [4.69, 9.17) is 0 Å². The SMILES string of the molecule is c1ccc(-c2ccc(N(c3ccc(-c4ccccc4)cc3)c3ccc4c(c3)-c3ccccc3-c3ccccc3C43c4ccccc4-c4ccccc43)cc2)cc1. The molecule has 1 spiro atoms. The van der Waals surface area contributed by atoms with Crippen LogP contribution in [0.2, 0.25) is 0 Å². The van der Waals surface area contributed by atoms with Crippen LogP contribution in [0.4, 0.5) is 17.1 Å². The summed E-state index contributed by atoms with van der Waals surface area (Å²) < 4.78 is 0. The van der Waals surface area contributed by atoms with Crippen LogP contribution in [0.1, 0.15) is 22.3 Å². The van der Waals surface area contributed by atoms with E-state index in [2.05, 4.69) is 229 Å². The number of fused-ring (bicyclic) bond motifs is 12. The molecule has 1 nitrogen and oxygen atoms in total. The van der Waals surface area contributed by atoms with Crippen molar-refractivity contribution < 1.29 is 0 Å². The maximum atomic E-state index is 2.45. The van der Waals surface area contributed by atoms with Crippen LogP contribution in [0.3, 0.4) is 0 Å². The summed E-state index contributed by atoms with van der Waals surface area (Å²) in [4.78, 5) is 2.41. The molecule has 56 heavy (non-hydrogen) atoms. The molecular formula is C55H37N. The Labute approximate surface area is 328 Å². The van der Waals surface area contributed by atoms with Crippen LogP contribution in [-0.2, 0) is 5.41 Å². The summed E-state index contributed by atoms with van der Waals surface area (Å²) in [6.45, 7) is 0. The van der Waals surface area contributed by atoms with Gasteiger partial charge in [-0.05, 0) is 114 Å². The second-order valence-corrected chi connectivity index (χ2v) is 14.8. The summed E-state index contributed by atoms with van der Waals surface area (Å²) in [6, 6.07) is 82.6. The highest BCUT2D eigenvalue weighted by Gasteiger charge is 2.49. The van der Waals surface area contributed by atoms with Crippen LogP contribution in [0.5, 0.6) is 0 Å². The lowest BCUT2D eigenvalue weighted by Gasteiger charge is -2.36. The predicted molar refractivity (Wildman–Crippen MR) is 234 cm³/mol. The molecule has 262 valence electrons. The molecule has 0 atom stereocenters. The van der Waals surface area contributed by atoms with Gasteiger partial charge in [0.05, 0.1) is 5.41 Å². The first kappa shape index (κ1) is 32.2. The van der Waals surface area contributed by atoms with E-state index in [-0.39, 0.29) is 0 Å². The fourth-order valence-corrected chi connectivity index (χ4v) is 9.49. The predicted octanol–water partition coefficient (Wildman–Crippen LogP) is 14.5. The second-order valence-electron chi connectivity index (χ2n) is 14.8. The molecule has 1 heteroatoms. The summed E-state index contributed by atoms with van der Waals surface area (Å²) in [5, 5.41) is 0. The molecule has 0 fully saturated rings. The largest absolute Gasteiger partial charge is 0.310 e. The third kappa shape index (κ3) is 4.88. The van der Waals surface area contributed by atoms with Gasteiger partial charge in [0.15, 0.2) is 0 Å². The van der Waals surface area contributed by atoms with Gasteiger partial charge in [0, 0.05) is 17.1 Å². The molecule has 0 aromatic heterocycles. The van der Waals surface area contributed by atoms with Crippen molar-refractivity contribution >= 4 is 17.1 Å². The monoisotopic (exact) mass is 711 g/mol. The van der Waals surface area contributed by atoms with Crippen molar-refractivity contribution in [3.05, 3.63) is 247 Å². The van der Waals surface area contributed by atoms with Crippen molar-refractivity contribution in [2.24, 2.45) is 0 Å². The minimum absolute atomic E-state index is 0.504. The van der Waals surface area contributed by atoms with Crippen molar-refractivity contribution in [3.8, 4) is 55.6 Å². The molecule has 2 aliphatic carbocycles. The van der Waals surface area contributed by atoms with E-state index in [1.807, 2.05) is 0 Å². The van der Waals surface area contributed by atoms with Crippen molar-refractivity contribution in [2.75, 3.05) is 4.90 Å². The number of hydrogen-bond donors (Lipinski definition) is 0. The highest BCUT2D eigenvalue weighted by atomic mass is 15.1. The molecule has 0 heterocycles. The first-order chi connectivity index (χ1) is 27.8. The second kappa shape index (κ2) is 13.0. The lowest BCUT2D eigenvalue weighted by atomic mass is 9.66. The van der Waals surface area contributed by atoms with Gasteiger partial charge in [-0.2, -0.15) is 0 Å². The maximum Gasteiger partial charge on any atom is 0.0725 e. The molecule has 0 radical (unpaired) electrons. The molecule has 0 aliphatic heterocycles. The average molecular weight is 712 g/mol. The summed E-state index contributed by atoms with van der Waals surface area (Å²) >= 11 is 0. The number of hydrogen-bond acceptors (Lipinski definition) is 1. The van der Waals surface area contributed by atoms with Crippen molar-refractivity contribution in [1.82, 2.24) is 0 Å². The summed E-state index contributed by atoms with van der Waals surface area (Å²) in [5.41, 5.74) is 20.5. The van der Waals surface area contributed by atoms with Gasteiger partial charge >= 0.3 is 0 Å². The van der Waals surface area contributed by atoms with E-state index in [0.717, 1.165) is 17.1 Å². The quantitative estimate of drug-likeness (QED) is 0.172. The van der Waals surface area contributed by atoms with E-state index in [9.17, 15) is 0 Å². The molecular weight excluding hydrogens is 675 g/mol. The Bertz CT molecular complexity index is 2760. The molecule has 0 unspecified atom stereocenters. The van der Waals surface area contributed by atoms with Gasteiger partial charge < -0.3 is 4.90 Å². The van der Waals surface area contributed by atoms with Gasteiger partial charge in [-0.25, -0.2) is 0 Å². The Morgan fingerprint density at radius 2 is 0.554 bits per heavy atom. The smallest absolute Gasteiger partial charge is 0.0725 e. The van der Waals surface area contributed by atoms with Gasteiger partial charge in [0.2, 0.25) is 0 Å². The number of benzene rings is 9. The Kier molecular flexibility index (Phi) is 7.47. The zero-order chi connectivity index (χ0) is 37.1. The maximum absolute atomic E-state index is 2.45. The van der Waals surface area contributed by atoms with E-state index in [1.54, 1.807) is 0 Å². The zero-order valence-electron chi connectivity index (χ0n) is 30.8. The van der Waals surface area contributed by atoms with Gasteiger partial charge in [-0.1, -0.05) is 188 Å². The molecule has 0 saturated carbocycles. The minimum Gasteiger partial charge on any atom is -0.310 e. The number of rotatable bonds is 5. The van der Waals surface area contributed by atoms with E-state index < -0.39 is 5.41 Å². The molecule has 2 aliphatic rings. The van der Waals surface area contributed by atoms with Gasteiger partial charge in [0.1, 0.15) is 0 Å². The van der Waals surface area contributed by atoms with Crippen molar-refractivity contribution in [1.29, 1.82) is 0 Å². The van der Waals surface area contributed by atoms with Crippen molar-refractivity contribution in [2.45, 2.75) is 5.41 Å². The van der Waals surface area contributed by atoms with Gasteiger partial charge in [-0.3, -0.25) is 0 Å². The van der Waals surface area contributed by atoms with E-state index in [0.29, 0.717) is 0 Å². The topological polar surface area (TPSA) is 3.24 Å². The van der Waals surface area contributed by atoms with Crippen LogP contribution >= 0.6 is 0 Å². The first-order valence-electron chi connectivity index (χ1n) is 19.4. The molecule has 0 amide bonds. The zero-order valence-corrected chi connectivity index (χ0v) is 30.8. The first-order valence-corrected chi connectivity index (χ1v) is 19.4. The standard InChI is InChI=1S/C55H37N/c1-3-15-38(16-4-1)40-27-31-42(32-28-40)56(43-33-29-41(30-34-43)39-17-5-2-6-18-39)44-35-36-54-50(37-44)46-20-8-7-19-45(46)47-21-9-12-24-51(47)55(54)52-25-13-10-22-48(52)49-23-11-14-26-53(49)55/h1-37H. The molecule has 0 saturated heterocycles. The number of nitrogens with zero attached hydrogens (tertiary/aromatic N) is 1. The fraction of sp³-hybridized carbons (Fsp3) is 0.0182. The lowest BCUT2D eigenvalue weighted by Crippen LogP contribution is -2.29. The van der Waals surface area contributed by atoms with Crippen LogP contribution < -0.4 is 4.90 Å². The van der Waals surface area contributed by atoms with Crippen LogP contribution in [0, 0.1) is 0 Å². The highest BCUT2D eigenvalue weighted by Crippen LogP contribution is 2.61. The molecule has 0 bridgehead atoms. The normalized spacial score (nSPS) is 12.8. The van der Waals surface area contributed by atoms with Gasteiger partial charge in [0.25, 0.3) is 0 Å². The van der Waals surface area contributed by atoms with Crippen LogP contribution in [0.15, 0.2) is 224 Å². The summed E-state index contributed by atoms with van der Waals surface area (Å²) in [6.07, 6.45) is 0. The minimum atomic E-state index is -0.504. The lowest BCUT2D eigenvalue weighted by molar-refractivity contribution is 0.775. The van der Waals surface area contributed by atoms with E-state index in [1.165, 1.54) is 77.9 Å². The Balaban J connectivity index is 1.17. The average Bonchev–Trinajstić information content (AvgIpc) is 3.52. The summed E-state index contributed by atoms with van der Waals surface area (Å²) in [7, 11) is 0. The van der Waals surface area contributed by atoms with E-state index >= 15 is 0 Å². The summed E-state index contributed by atoms with van der Waals surface area (Å²) in [5.74, 6) is 0. The van der Waals surface area contributed by atoms with Crippen LogP contribution in [-0.4, -0.2) is 0 Å². The Morgan fingerprint density at radius 3 is 1.02 bits per heavy atom. The van der Waals surface area contributed by atoms with Crippen LogP contribution in [0.25, 0.3) is 55.6 Å². The molecule has 0 N–H and O–H groups in total. The molecule has 11 rings (SSSR count). The number of anilines is 3. The molecule has 9 aromatic rings. The van der Waals surface area contributed by atoms with Crippen molar-refractivity contribution in [3.63, 3.8) is 0 Å². The third-order valence-electron chi connectivity index (χ3n) is 11.9. The Morgan fingerprint density at radius 1 is 0.232 bits per heavy atom.